The highest BCUT2D eigenvalue weighted by Crippen LogP contribution is 2.33. The van der Waals surface area contributed by atoms with Crippen LogP contribution in [0.1, 0.15) is 105 Å². The molecule has 0 saturated carbocycles. The predicted octanol–water partition coefficient (Wildman–Crippen LogP) is 6.32. The maximum atomic E-state index is 12.2. The van der Waals surface area contributed by atoms with Crippen molar-refractivity contribution < 1.29 is 8.42 Å². The molecule has 0 aromatic heterocycles. The van der Waals surface area contributed by atoms with Crippen molar-refractivity contribution in [2.24, 2.45) is 0 Å². The van der Waals surface area contributed by atoms with Gasteiger partial charge in [-0.3, -0.25) is 4.90 Å². The lowest BCUT2D eigenvalue weighted by molar-refractivity contribution is 0.0341. The van der Waals surface area contributed by atoms with Crippen LogP contribution in [0.5, 0.6) is 0 Å². The van der Waals surface area contributed by atoms with Crippen molar-refractivity contribution in [3.8, 4) is 0 Å². The van der Waals surface area contributed by atoms with E-state index in [9.17, 15) is 8.42 Å². The Morgan fingerprint density at radius 1 is 0.714 bits per heavy atom. The summed E-state index contributed by atoms with van der Waals surface area (Å²) >= 11 is 2.07. The van der Waals surface area contributed by atoms with Crippen molar-refractivity contribution in [3.05, 3.63) is 0 Å². The molecule has 1 heterocycles. The molecule has 28 heavy (non-hydrogen) atoms. The van der Waals surface area contributed by atoms with Crippen LogP contribution in [-0.2, 0) is 9.84 Å². The van der Waals surface area contributed by atoms with E-state index in [1.807, 2.05) is 0 Å². The zero-order valence-electron chi connectivity index (χ0n) is 19.4. The van der Waals surface area contributed by atoms with E-state index < -0.39 is 9.84 Å². The summed E-state index contributed by atoms with van der Waals surface area (Å²) in [5.41, 5.74) is -0.524. The van der Waals surface area contributed by atoms with Crippen molar-refractivity contribution in [1.82, 2.24) is 4.90 Å². The highest BCUT2D eigenvalue weighted by molar-refractivity contribution is 7.99. The van der Waals surface area contributed by atoms with Gasteiger partial charge in [-0.25, -0.2) is 8.42 Å². The summed E-state index contributed by atoms with van der Waals surface area (Å²) in [6, 6.07) is 0. The van der Waals surface area contributed by atoms with E-state index in [0.717, 1.165) is 13.0 Å². The first-order chi connectivity index (χ1) is 13.1. The second-order valence-corrected chi connectivity index (χ2v) is 13.2. The number of unbranched alkanes of at least 4 members (excludes halogenated alkanes) is 9. The molecule has 1 rings (SSSR count). The van der Waals surface area contributed by atoms with Crippen LogP contribution in [0.15, 0.2) is 0 Å². The highest BCUT2D eigenvalue weighted by atomic mass is 32.2. The van der Waals surface area contributed by atoms with Crippen LogP contribution in [0.25, 0.3) is 0 Å². The Balaban J connectivity index is 2.05. The van der Waals surface area contributed by atoms with Crippen molar-refractivity contribution in [2.45, 2.75) is 116 Å². The fraction of sp³-hybridized carbons (Fsp3) is 1.00. The van der Waals surface area contributed by atoms with Gasteiger partial charge in [0.25, 0.3) is 0 Å². The average Bonchev–Trinajstić information content (AvgIpc) is 2.54. The Bertz CT molecular complexity index is 491. The number of hydrogen-bond acceptors (Lipinski definition) is 4. The SMILES string of the molecule is CCCCCCCCCCCCSCCCN1C(C)(C)CS(=O)(=O)CC1(C)C. The molecule has 5 heteroatoms. The van der Waals surface area contributed by atoms with Gasteiger partial charge in [-0.05, 0) is 52.0 Å². The van der Waals surface area contributed by atoms with Crippen LogP contribution in [0.2, 0.25) is 0 Å². The number of thioether (sulfide) groups is 1. The van der Waals surface area contributed by atoms with Crippen LogP contribution >= 0.6 is 11.8 Å². The lowest BCUT2D eigenvalue weighted by atomic mass is 9.95. The first kappa shape index (κ1) is 26.3. The van der Waals surface area contributed by atoms with E-state index in [1.165, 1.54) is 75.7 Å². The van der Waals surface area contributed by atoms with Gasteiger partial charge in [0.1, 0.15) is 0 Å². The summed E-state index contributed by atoms with van der Waals surface area (Å²) in [6.07, 6.45) is 15.1. The van der Waals surface area contributed by atoms with Crippen molar-refractivity contribution in [2.75, 3.05) is 29.6 Å². The zero-order chi connectivity index (χ0) is 21.1. The molecule has 0 spiro atoms. The standard InChI is InChI=1S/C23H47NO2S2/c1-6-7-8-9-10-11-12-13-14-15-18-27-19-16-17-24-22(2,3)20-28(25,26)21-23(24,4)5/h6-21H2,1-5H3. The van der Waals surface area contributed by atoms with Gasteiger partial charge in [0, 0.05) is 17.6 Å². The normalized spacial score (nSPS) is 21.0. The lowest BCUT2D eigenvalue weighted by Gasteiger charge is -2.52. The van der Waals surface area contributed by atoms with E-state index >= 15 is 0 Å². The van der Waals surface area contributed by atoms with Crippen LogP contribution in [0.4, 0.5) is 0 Å². The Kier molecular flexibility index (Phi) is 12.1. The quantitative estimate of drug-likeness (QED) is 0.283. The fourth-order valence-electron chi connectivity index (χ4n) is 4.83. The molecule has 0 N–H and O–H groups in total. The topological polar surface area (TPSA) is 37.4 Å². The Labute approximate surface area is 180 Å². The van der Waals surface area contributed by atoms with Crippen LogP contribution in [0.3, 0.4) is 0 Å². The molecule has 0 amide bonds. The van der Waals surface area contributed by atoms with Crippen molar-refractivity contribution in [1.29, 1.82) is 0 Å². The first-order valence-electron chi connectivity index (χ1n) is 11.7. The second-order valence-electron chi connectivity index (χ2n) is 9.96. The molecular formula is C23H47NO2S2. The molecule has 0 aromatic carbocycles. The van der Waals surface area contributed by atoms with Gasteiger partial charge < -0.3 is 0 Å². The first-order valence-corrected chi connectivity index (χ1v) is 14.6. The maximum Gasteiger partial charge on any atom is 0.153 e. The summed E-state index contributed by atoms with van der Waals surface area (Å²) in [7, 11) is -2.94. The Hall–Kier alpha value is 0.260. The minimum absolute atomic E-state index is 0.262. The number of sulfone groups is 1. The monoisotopic (exact) mass is 433 g/mol. The van der Waals surface area contributed by atoms with Gasteiger partial charge in [0.2, 0.25) is 0 Å². The molecule has 0 unspecified atom stereocenters. The minimum atomic E-state index is -2.94. The van der Waals surface area contributed by atoms with E-state index in [-0.39, 0.29) is 22.6 Å². The average molecular weight is 434 g/mol. The third-order valence-corrected chi connectivity index (χ3v) is 9.37. The summed E-state index contributed by atoms with van der Waals surface area (Å²) in [5, 5.41) is 0. The summed E-state index contributed by atoms with van der Waals surface area (Å²) < 4.78 is 24.4. The molecule has 1 aliphatic rings. The zero-order valence-corrected chi connectivity index (χ0v) is 21.0. The van der Waals surface area contributed by atoms with Gasteiger partial charge in [-0.15, -0.1) is 0 Å². The third-order valence-electron chi connectivity index (χ3n) is 5.92. The second kappa shape index (κ2) is 12.8. The van der Waals surface area contributed by atoms with Crippen molar-refractivity contribution in [3.63, 3.8) is 0 Å². The summed E-state index contributed by atoms with van der Waals surface area (Å²) in [6.45, 7) is 11.6. The lowest BCUT2D eigenvalue weighted by Crippen LogP contribution is -2.65. The van der Waals surface area contributed by atoms with E-state index in [4.69, 9.17) is 0 Å². The third kappa shape index (κ3) is 10.3. The minimum Gasteiger partial charge on any atom is -0.291 e. The summed E-state index contributed by atoms with van der Waals surface area (Å²) in [5.74, 6) is 3.04. The van der Waals surface area contributed by atoms with Gasteiger partial charge >= 0.3 is 0 Å². The number of rotatable bonds is 15. The maximum absolute atomic E-state index is 12.2. The Morgan fingerprint density at radius 2 is 1.14 bits per heavy atom. The molecular weight excluding hydrogens is 386 g/mol. The van der Waals surface area contributed by atoms with Gasteiger partial charge in [0.05, 0.1) is 11.5 Å². The number of hydrogen-bond donors (Lipinski definition) is 0. The number of nitrogens with zero attached hydrogens (tertiary/aromatic N) is 1. The predicted molar refractivity (Wildman–Crippen MR) is 127 cm³/mol. The highest BCUT2D eigenvalue weighted by Gasteiger charge is 2.47. The van der Waals surface area contributed by atoms with Gasteiger partial charge in [-0.2, -0.15) is 11.8 Å². The molecule has 1 fully saturated rings. The Morgan fingerprint density at radius 3 is 1.64 bits per heavy atom. The molecule has 0 radical (unpaired) electrons. The largest absolute Gasteiger partial charge is 0.291 e. The summed E-state index contributed by atoms with van der Waals surface area (Å²) in [4.78, 5) is 2.43. The molecule has 0 aromatic rings. The van der Waals surface area contributed by atoms with Crippen LogP contribution in [0, 0.1) is 0 Å². The van der Waals surface area contributed by atoms with Gasteiger partial charge in [-0.1, -0.05) is 64.7 Å². The van der Waals surface area contributed by atoms with Crippen molar-refractivity contribution >= 4 is 21.6 Å². The molecule has 0 bridgehead atoms. The van der Waals surface area contributed by atoms with E-state index in [1.54, 1.807) is 0 Å². The smallest absolute Gasteiger partial charge is 0.153 e. The molecule has 1 saturated heterocycles. The molecule has 0 atom stereocenters. The van der Waals surface area contributed by atoms with Gasteiger partial charge in [0.15, 0.2) is 9.84 Å². The van der Waals surface area contributed by atoms with Crippen LogP contribution in [-0.4, -0.2) is 54.0 Å². The van der Waals surface area contributed by atoms with E-state index in [0.29, 0.717) is 0 Å². The molecule has 1 aliphatic heterocycles. The molecule has 0 aliphatic carbocycles. The fourth-order valence-corrected chi connectivity index (χ4v) is 8.34. The molecule has 168 valence electrons. The van der Waals surface area contributed by atoms with E-state index in [2.05, 4.69) is 51.3 Å². The molecule has 3 nitrogen and oxygen atoms in total. The van der Waals surface area contributed by atoms with Crippen LogP contribution < -0.4 is 0 Å².